The Morgan fingerprint density at radius 2 is 1.95 bits per heavy atom. The number of carbonyl (C=O) groups excluding carboxylic acids is 1. The van der Waals surface area contributed by atoms with Gasteiger partial charge in [0.1, 0.15) is 6.29 Å². The minimum atomic E-state index is 0.178. The van der Waals surface area contributed by atoms with Gasteiger partial charge in [0.25, 0.3) is 0 Å². The fraction of sp³-hybridized carbons (Fsp3) is 0.588. The van der Waals surface area contributed by atoms with Gasteiger partial charge in [-0.2, -0.15) is 0 Å². The van der Waals surface area contributed by atoms with Crippen molar-refractivity contribution in [2.75, 3.05) is 33.7 Å². The summed E-state index contributed by atoms with van der Waals surface area (Å²) >= 11 is 0. The molecule has 0 aromatic heterocycles. The summed E-state index contributed by atoms with van der Waals surface area (Å²) < 4.78 is 0. The first kappa shape index (κ1) is 17.8. The molecule has 1 atom stereocenters. The molecule has 4 nitrogen and oxygen atoms in total. The fourth-order valence-corrected chi connectivity index (χ4v) is 2.25. The van der Waals surface area contributed by atoms with Crippen molar-refractivity contribution in [2.24, 2.45) is 0 Å². The third-order valence-electron chi connectivity index (χ3n) is 3.66. The van der Waals surface area contributed by atoms with E-state index >= 15 is 0 Å². The van der Waals surface area contributed by atoms with Gasteiger partial charge < -0.3 is 9.69 Å². The number of rotatable bonds is 11. The molecule has 0 aliphatic heterocycles. The third kappa shape index (κ3) is 7.37. The first-order valence-corrected chi connectivity index (χ1v) is 7.77. The molecule has 0 bridgehead atoms. The minimum Gasteiger partial charge on any atom is -0.303 e. The number of unbranched alkanes of at least 4 members (excludes halogenated alkanes) is 1. The lowest BCUT2D eigenvalue weighted by Crippen LogP contribution is -2.50. The topological polar surface area (TPSA) is 35.6 Å². The van der Waals surface area contributed by atoms with Crippen molar-refractivity contribution in [1.82, 2.24) is 15.1 Å². The van der Waals surface area contributed by atoms with Crippen LogP contribution in [0.1, 0.15) is 25.3 Å². The van der Waals surface area contributed by atoms with Gasteiger partial charge in [0.05, 0.1) is 12.7 Å². The van der Waals surface area contributed by atoms with Gasteiger partial charge in [-0.3, -0.25) is 10.2 Å². The largest absolute Gasteiger partial charge is 0.303 e. The van der Waals surface area contributed by atoms with E-state index in [4.69, 9.17) is 0 Å². The van der Waals surface area contributed by atoms with Crippen LogP contribution in [-0.4, -0.2) is 56.0 Å². The lowest BCUT2D eigenvalue weighted by atomic mass is 10.2. The lowest BCUT2D eigenvalue weighted by molar-refractivity contribution is -0.109. The zero-order valence-corrected chi connectivity index (χ0v) is 13.6. The molecule has 0 radical (unpaired) electrons. The summed E-state index contributed by atoms with van der Waals surface area (Å²) in [7, 11) is 4.13. The van der Waals surface area contributed by atoms with Crippen LogP contribution in [0.2, 0.25) is 0 Å². The summed E-state index contributed by atoms with van der Waals surface area (Å²) in [6.07, 6.45) is 3.55. The molecule has 0 saturated carbocycles. The van der Waals surface area contributed by atoms with E-state index in [9.17, 15) is 4.79 Å². The number of nitrogens with one attached hydrogen (secondary N) is 1. The van der Waals surface area contributed by atoms with Gasteiger partial charge in [-0.1, -0.05) is 43.7 Å². The average Bonchev–Trinajstić information content (AvgIpc) is 2.50. The molecular weight excluding hydrogens is 262 g/mol. The maximum absolute atomic E-state index is 10.8. The molecule has 118 valence electrons. The van der Waals surface area contributed by atoms with Crippen molar-refractivity contribution in [3.05, 3.63) is 35.9 Å². The molecule has 0 fully saturated rings. The summed E-state index contributed by atoms with van der Waals surface area (Å²) in [5.41, 5.74) is 1.26. The second kappa shape index (κ2) is 10.5. The van der Waals surface area contributed by atoms with Crippen LogP contribution in [0.15, 0.2) is 30.3 Å². The first-order valence-electron chi connectivity index (χ1n) is 7.77. The molecule has 0 saturated heterocycles. The normalized spacial score (nSPS) is 12.8. The predicted octanol–water partition coefficient (Wildman–Crippen LogP) is 1.96. The molecule has 0 spiro atoms. The summed E-state index contributed by atoms with van der Waals surface area (Å²) in [5.74, 6) is 0. The molecule has 0 amide bonds. The maximum Gasteiger partial charge on any atom is 0.134 e. The van der Waals surface area contributed by atoms with Crippen molar-refractivity contribution in [1.29, 1.82) is 0 Å². The van der Waals surface area contributed by atoms with Gasteiger partial charge in [-0.15, -0.1) is 0 Å². The Balaban J connectivity index is 2.53. The Morgan fingerprint density at radius 3 is 2.57 bits per heavy atom. The van der Waals surface area contributed by atoms with Gasteiger partial charge in [0, 0.05) is 13.1 Å². The zero-order valence-electron chi connectivity index (χ0n) is 13.6. The molecule has 1 aromatic carbocycles. The number of benzene rings is 1. The van der Waals surface area contributed by atoms with Crippen LogP contribution in [0.4, 0.5) is 0 Å². The maximum atomic E-state index is 10.8. The third-order valence-corrected chi connectivity index (χ3v) is 3.66. The van der Waals surface area contributed by atoms with Crippen LogP contribution in [0, 0.1) is 0 Å². The van der Waals surface area contributed by atoms with E-state index in [2.05, 4.69) is 53.4 Å². The zero-order chi connectivity index (χ0) is 15.5. The van der Waals surface area contributed by atoms with E-state index in [1.807, 2.05) is 13.1 Å². The van der Waals surface area contributed by atoms with Crippen LogP contribution < -0.4 is 5.32 Å². The standard InChI is InChI=1S/C17H29N3O/c1-4-5-11-19(2)15-17(20(3)12-13-21)18-14-16-9-7-6-8-10-16/h6-10,13,17-18H,4-5,11-12,14-15H2,1-3H3. The molecule has 0 aliphatic carbocycles. The van der Waals surface area contributed by atoms with E-state index < -0.39 is 0 Å². The Morgan fingerprint density at radius 1 is 1.24 bits per heavy atom. The summed E-state index contributed by atoms with van der Waals surface area (Å²) in [4.78, 5) is 15.2. The predicted molar refractivity (Wildman–Crippen MR) is 88.2 cm³/mol. The summed E-state index contributed by atoms with van der Waals surface area (Å²) in [6.45, 7) is 5.48. The second-order valence-corrected chi connectivity index (χ2v) is 5.60. The Kier molecular flexibility index (Phi) is 8.90. The van der Waals surface area contributed by atoms with Crippen molar-refractivity contribution in [3.63, 3.8) is 0 Å². The van der Waals surface area contributed by atoms with Gasteiger partial charge in [-0.05, 0) is 32.6 Å². The molecule has 4 heteroatoms. The van der Waals surface area contributed by atoms with Gasteiger partial charge >= 0.3 is 0 Å². The highest BCUT2D eigenvalue weighted by molar-refractivity contribution is 5.51. The number of carbonyl (C=O) groups is 1. The van der Waals surface area contributed by atoms with E-state index in [0.29, 0.717) is 6.54 Å². The van der Waals surface area contributed by atoms with Crippen LogP contribution >= 0.6 is 0 Å². The van der Waals surface area contributed by atoms with Crippen LogP contribution in [0.3, 0.4) is 0 Å². The summed E-state index contributed by atoms with van der Waals surface area (Å²) in [6, 6.07) is 10.4. The average molecular weight is 291 g/mol. The molecule has 1 N–H and O–H groups in total. The Bertz CT molecular complexity index is 383. The Labute approximate surface area is 129 Å². The number of aldehydes is 1. The van der Waals surface area contributed by atoms with E-state index in [0.717, 1.165) is 25.9 Å². The first-order chi connectivity index (χ1) is 10.2. The molecule has 0 heterocycles. The van der Waals surface area contributed by atoms with E-state index in [-0.39, 0.29) is 6.17 Å². The van der Waals surface area contributed by atoms with Gasteiger partial charge in [-0.25, -0.2) is 0 Å². The highest BCUT2D eigenvalue weighted by atomic mass is 16.1. The number of likely N-dealkylation sites (N-methyl/N-ethyl adjacent to an activating group) is 2. The van der Waals surface area contributed by atoms with Crippen LogP contribution in [-0.2, 0) is 11.3 Å². The molecule has 21 heavy (non-hydrogen) atoms. The molecular formula is C17H29N3O. The van der Waals surface area contributed by atoms with Crippen LogP contribution in [0.25, 0.3) is 0 Å². The number of nitrogens with zero attached hydrogens (tertiary/aromatic N) is 2. The fourth-order valence-electron chi connectivity index (χ4n) is 2.25. The van der Waals surface area contributed by atoms with Crippen LogP contribution in [0.5, 0.6) is 0 Å². The monoisotopic (exact) mass is 291 g/mol. The highest BCUT2D eigenvalue weighted by Crippen LogP contribution is 2.02. The van der Waals surface area contributed by atoms with Gasteiger partial charge in [0.2, 0.25) is 0 Å². The minimum absolute atomic E-state index is 0.178. The molecule has 1 aromatic rings. The van der Waals surface area contributed by atoms with Gasteiger partial charge in [0.15, 0.2) is 0 Å². The smallest absolute Gasteiger partial charge is 0.134 e. The van der Waals surface area contributed by atoms with Crippen molar-refractivity contribution in [2.45, 2.75) is 32.5 Å². The highest BCUT2D eigenvalue weighted by Gasteiger charge is 2.15. The SMILES string of the molecule is CCCCN(C)CC(NCc1ccccc1)N(C)CC=O. The number of hydrogen-bond donors (Lipinski definition) is 1. The number of hydrogen-bond acceptors (Lipinski definition) is 4. The Hall–Kier alpha value is -1.23. The molecule has 0 aliphatic rings. The lowest BCUT2D eigenvalue weighted by Gasteiger charge is -2.31. The summed E-state index contributed by atoms with van der Waals surface area (Å²) in [5, 5.41) is 3.55. The second-order valence-electron chi connectivity index (χ2n) is 5.60. The molecule has 1 rings (SSSR count). The molecule has 1 unspecified atom stereocenters. The van der Waals surface area contributed by atoms with E-state index in [1.54, 1.807) is 0 Å². The van der Waals surface area contributed by atoms with Crippen molar-refractivity contribution < 1.29 is 4.79 Å². The quantitative estimate of drug-likeness (QED) is 0.499. The van der Waals surface area contributed by atoms with Crippen molar-refractivity contribution in [3.8, 4) is 0 Å². The van der Waals surface area contributed by atoms with E-state index in [1.165, 1.54) is 18.4 Å². The van der Waals surface area contributed by atoms with Crippen molar-refractivity contribution >= 4 is 6.29 Å².